The van der Waals surface area contributed by atoms with Crippen LogP contribution in [0.2, 0.25) is 0 Å². The van der Waals surface area contributed by atoms with Gasteiger partial charge in [-0.25, -0.2) is 0 Å². The molecule has 1 atom stereocenters. The van der Waals surface area contributed by atoms with E-state index in [1.807, 2.05) is 30.8 Å². The van der Waals surface area contributed by atoms with Gasteiger partial charge in [-0.15, -0.1) is 0 Å². The summed E-state index contributed by atoms with van der Waals surface area (Å²) in [5, 5.41) is 4.44. The van der Waals surface area contributed by atoms with Crippen molar-refractivity contribution in [2.24, 2.45) is 7.05 Å². The van der Waals surface area contributed by atoms with Crippen molar-refractivity contribution in [3.05, 3.63) is 42.0 Å². The third-order valence-electron chi connectivity index (χ3n) is 5.36. The molecule has 0 aliphatic carbocycles. The summed E-state index contributed by atoms with van der Waals surface area (Å²) in [6, 6.07) is 6.03. The van der Waals surface area contributed by atoms with E-state index >= 15 is 0 Å². The minimum absolute atomic E-state index is 0.00818. The van der Waals surface area contributed by atoms with Crippen molar-refractivity contribution in [1.29, 1.82) is 0 Å². The second-order valence-electron chi connectivity index (χ2n) is 7.30. The molecule has 0 saturated carbocycles. The van der Waals surface area contributed by atoms with Crippen LogP contribution >= 0.6 is 0 Å². The fraction of sp³-hybridized carbons (Fsp3) is 0.579. The van der Waals surface area contributed by atoms with Crippen LogP contribution in [0.25, 0.3) is 0 Å². The zero-order valence-electron chi connectivity index (χ0n) is 15.0. The Morgan fingerprint density at radius 2 is 2.20 bits per heavy atom. The minimum atomic E-state index is -0.00818. The molecule has 2 aromatic heterocycles. The van der Waals surface area contributed by atoms with Crippen molar-refractivity contribution in [2.75, 3.05) is 19.7 Å². The zero-order chi connectivity index (χ0) is 17.3. The van der Waals surface area contributed by atoms with E-state index in [1.165, 1.54) is 5.69 Å². The molecule has 1 spiro atoms. The van der Waals surface area contributed by atoms with E-state index < -0.39 is 0 Å². The molecule has 134 valence electrons. The lowest BCUT2D eigenvalue weighted by atomic mass is 9.88. The van der Waals surface area contributed by atoms with Gasteiger partial charge in [-0.2, -0.15) is 5.10 Å². The number of pyridine rings is 1. The number of hydrogen-bond donors (Lipinski definition) is 0. The van der Waals surface area contributed by atoms with Gasteiger partial charge in [0, 0.05) is 39.3 Å². The van der Waals surface area contributed by atoms with Crippen LogP contribution in [0, 0.1) is 6.92 Å². The van der Waals surface area contributed by atoms with Crippen LogP contribution in [0.1, 0.15) is 30.7 Å². The number of rotatable bonds is 4. The van der Waals surface area contributed by atoms with Crippen LogP contribution in [0.15, 0.2) is 30.6 Å². The van der Waals surface area contributed by atoms with Gasteiger partial charge in [-0.3, -0.25) is 14.6 Å². The van der Waals surface area contributed by atoms with E-state index in [1.54, 1.807) is 12.4 Å². The molecule has 0 N–H and O–H groups in total. The molecule has 0 radical (unpaired) electrons. The summed E-state index contributed by atoms with van der Waals surface area (Å²) >= 11 is 0. The maximum Gasteiger partial charge on any atom is 0.138 e. The van der Waals surface area contributed by atoms with Crippen LogP contribution in [0.3, 0.4) is 0 Å². The average molecular weight is 342 g/mol. The molecule has 6 heteroatoms. The Bertz CT molecular complexity index is 707. The fourth-order valence-corrected chi connectivity index (χ4v) is 4.00. The smallest absolute Gasteiger partial charge is 0.138 e. The highest BCUT2D eigenvalue weighted by molar-refractivity contribution is 5.16. The van der Waals surface area contributed by atoms with E-state index in [2.05, 4.69) is 21.0 Å². The summed E-state index contributed by atoms with van der Waals surface area (Å²) in [7, 11) is 2.02. The van der Waals surface area contributed by atoms with Crippen molar-refractivity contribution in [1.82, 2.24) is 19.7 Å². The standard InChI is InChI=1S/C19H26N4O2/c1-15-10-16(22(2)21-15)13-23-8-5-19(6-9-23)11-18(14-24-19)25-17-4-3-7-20-12-17/h3-4,7,10,12,18H,5-6,8-9,11,13-14H2,1-2H3. The average Bonchev–Trinajstić information content (AvgIpc) is 3.14. The second-order valence-corrected chi connectivity index (χ2v) is 7.30. The van der Waals surface area contributed by atoms with Crippen molar-refractivity contribution in [3.63, 3.8) is 0 Å². The Kier molecular flexibility index (Phi) is 4.48. The summed E-state index contributed by atoms with van der Waals surface area (Å²) in [5.41, 5.74) is 2.35. The van der Waals surface area contributed by atoms with E-state index in [4.69, 9.17) is 9.47 Å². The summed E-state index contributed by atoms with van der Waals surface area (Å²) in [6.07, 6.45) is 6.77. The van der Waals surface area contributed by atoms with Crippen molar-refractivity contribution < 1.29 is 9.47 Å². The van der Waals surface area contributed by atoms with Crippen molar-refractivity contribution >= 4 is 0 Å². The van der Waals surface area contributed by atoms with E-state index in [-0.39, 0.29) is 11.7 Å². The quantitative estimate of drug-likeness (QED) is 0.853. The third-order valence-corrected chi connectivity index (χ3v) is 5.36. The highest BCUT2D eigenvalue weighted by atomic mass is 16.6. The Balaban J connectivity index is 1.30. The maximum absolute atomic E-state index is 6.20. The molecule has 4 rings (SSSR count). The first-order valence-corrected chi connectivity index (χ1v) is 9.04. The lowest BCUT2D eigenvalue weighted by Gasteiger charge is -2.38. The highest BCUT2D eigenvalue weighted by Crippen LogP contribution is 2.37. The molecule has 2 aliphatic rings. The van der Waals surface area contributed by atoms with Crippen LogP contribution in [-0.2, 0) is 18.3 Å². The Morgan fingerprint density at radius 1 is 1.36 bits per heavy atom. The van der Waals surface area contributed by atoms with Gasteiger partial charge < -0.3 is 9.47 Å². The maximum atomic E-state index is 6.20. The third kappa shape index (κ3) is 3.70. The molecule has 0 amide bonds. The molecule has 2 aliphatic heterocycles. The normalized spacial score (nSPS) is 23.2. The van der Waals surface area contributed by atoms with Gasteiger partial charge >= 0.3 is 0 Å². The predicted molar refractivity (Wildman–Crippen MR) is 94.4 cm³/mol. The van der Waals surface area contributed by atoms with Gasteiger partial charge in [0.05, 0.1) is 29.8 Å². The molecule has 6 nitrogen and oxygen atoms in total. The van der Waals surface area contributed by atoms with E-state index in [9.17, 15) is 0 Å². The fourth-order valence-electron chi connectivity index (χ4n) is 4.00. The second kappa shape index (κ2) is 6.77. The van der Waals surface area contributed by atoms with Crippen LogP contribution in [-0.4, -0.2) is 51.1 Å². The minimum Gasteiger partial charge on any atom is -0.486 e. The molecule has 2 aromatic rings. The van der Waals surface area contributed by atoms with Gasteiger partial charge in [-0.05, 0) is 38.0 Å². The first kappa shape index (κ1) is 16.5. The van der Waals surface area contributed by atoms with E-state index in [0.29, 0.717) is 6.61 Å². The molecule has 0 bridgehead atoms. The van der Waals surface area contributed by atoms with Gasteiger partial charge in [-0.1, -0.05) is 0 Å². The molecular weight excluding hydrogens is 316 g/mol. The lowest BCUT2D eigenvalue weighted by Crippen LogP contribution is -2.44. The Morgan fingerprint density at radius 3 is 2.88 bits per heavy atom. The van der Waals surface area contributed by atoms with Gasteiger partial charge in [0.25, 0.3) is 0 Å². The largest absolute Gasteiger partial charge is 0.486 e. The summed E-state index contributed by atoms with van der Waals surface area (Å²) in [5.74, 6) is 0.831. The van der Waals surface area contributed by atoms with Gasteiger partial charge in [0.1, 0.15) is 11.9 Å². The molecule has 0 aromatic carbocycles. The number of nitrogens with zero attached hydrogens (tertiary/aromatic N) is 4. The summed E-state index contributed by atoms with van der Waals surface area (Å²) < 4.78 is 14.2. The van der Waals surface area contributed by atoms with Crippen molar-refractivity contribution in [3.8, 4) is 5.75 Å². The molecule has 2 fully saturated rings. The Labute approximate surface area is 148 Å². The van der Waals surface area contributed by atoms with Crippen molar-refractivity contribution in [2.45, 2.75) is 44.4 Å². The summed E-state index contributed by atoms with van der Waals surface area (Å²) in [6.45, 7) is 5.80. The lowest BCUT2D eigenvalue weighted by molar-refractivity contribution is -0.0457. The number of hydrogen-bond acceptors (Lipinski definition) is 5. The molecule has 25 heavy (non-hydrogen) atoms. The van der Waals surface area contributed by atoms with Gasteiger partial charge in [0.15, 0.2) is 0 Å². The number of aryl methyl sites for hydroxylation is 2. The molecule has 1 unspecified atom stereocenters. The number of aromatic nitrogens is 3. The zero-order valence-corrected chi connectivity index (χ0v) is 15.0. The predicted octanol–water partition coefficient (Wildman–Crippen LogP) is 2.33. The van der Waals surface area contributed by atoms with Crippen LogP contribution in [0.4, 0.5) is 0 Å². The highest BCUT2D eigenvalue weighted by Gasteiger charge is 2.43. The van der Waals surface area contributed by atoms with Crippen LogP contribution < -0.4 is 4.74 Å². The molecule has 2 saturated heterocycles. The van der Waals surface area contributed by atoms with Gasteiger partial charge in [0.2, 0.25) is 0 Å². The molecule has 4 heterocycles. The first-order chi connectivity index (χ1) is 12.1. The summed E-state index contributed by atoms with van der Waals surface area (Å²) in [4.78, 5) is 6.61. The SMILES string of the molecule is Cc1cc(CN2CCC3(CC2)CC(Oc2cccnc2)CO3)n(C)n1. The number of likely N-dealkylation sites (tertiary alicyclic amines) is 1. The van der Waals surface area contributed by atoms with Crippen LogP contribution in [0.5, 0.6) is 5.75 Å². The number of piperidine rings is 1. The number of ether oxygens (including phenoxy) is 2. The molecular formula is C19H26N4O2. The first-order valence-electron chi connectivity index (χ1n) is 9.04. The topological polar surface area (TPSA) is 52.4 Å². The Hall–Kier alpha value is -1.92. The van der Waals surface area contributed by atoms with E-state index in [0.717, 1.165) is 50.3 Å². The monoisotopic (exact) mass is 342 g/mol.